The average Bonchev–Trinajstić information content (AvgIpc) is 2.46. The van der Waals surface area contributed by atoms with Gasteiger partial charge in [0, 0.05) is 28.2 Å². The van der Waals surface area contributed by atoms with Crippen molar-refractivity contribution >= 4 is 12.3 Å². The Labute approximate surface area is 110 Å². The zero-order valence-corrected chi connectivity index (χ0v) is 10.1. The average molecular weight is 267 g/mol. The van der Waals surface area contributed by atoms with Crippen LogP contribution in [0, 0.1) is 0 Å². The van der Waals surface area contributed by atoms with Crippen LogP contribution in [-0.4, -0.2) is 69.6 Å². The molecule has 0 aromatic heterocycles. The highest BCUT2D eigenvalue weighted by Crippen LogP contribution is 2.13. The molecule has 0 aliphatic rings. The molecule has 0 aliphatic carbocycles. The normalized spacial score (nSPS) is 19.8. The van der Waals surface area contributed by atoms with Gasteiger partial charge in [-0.05, 0) is 0 Å². The molecule has 0 aromatic carbocycles. The van der Waals surface area contributed by atoms with E-state index in [-0.39, 0.29) is 0 Å². The van der Waals surface area contributed by atoms with E-state index in [0.717, 1.165) is 6.92 Å². The third-order valence-corrected chi connectivity index (χ3v) is 2.20. The van der Waals surface area contributed by atoms with E-state index in [1.54, 1.807) is 0 Å². The number of carbonyl (C=O) groups is 2. The molecule has 0 radical (unpaired) electrons. The second-order valence-electron chi connectivity index (χ2n) is 3.40. The van der Waals surface area contributed by atoms with Gasteiger partial charge in [-0.2, -0.15) is 0 Å². The SMILES string of the molecule is [2H]CO[C@@H]([C@H](OC[2H])[C@H](C=O)OC[2H])[C@H](O)COC(C)=O. The van der Waals surface area contributed by atoms with Gasteiger partial charge in [-0.3, -0.25) is 4.79 Å². The highest BCUT2D eigenvalue weighted by Gasteiger charge is 2.35. The van der Waals surface area contributed by atoms with Gasteiger partial charge in [0.2, 0.25) is 0 Å². The Morgan fingerprint density at radius 1 is 1.28 bits per heavy atom. The number of esters is 1. The van der Waals surface area contributed by atoms with Gasteiger partial charge < -0.3 is 28.8 Å². The maximum Gasteiger partial charge on any atom is 0.302 e. The van der Waals surface area contributed by atoms with E-state index in [4.69, 9.17) is 18.3 Å². The van der Waals surface area contributed by atoms with Crippen molar-refractivity contribution in [2.24, 2.45) is 0 Å². The first-order valence-corrected chi connectivity index (χ1v) is 5.01. The second kappa shape index (κ2) is 8.98. The van der Waals surface area contributed by atoms with Crippen molar-refractivity contribution in [2.75, 3.05) is 27.9 Å². The van der Waals surface area contributed by atoms with Crippen LogP contribution in [0.4, 0.5) is 0 Å². The summed E-state index contributed by atoms with van der Waals surface area (Å²) in [6.45, 7) is 0.729. The first-order valence-electron chi connectivity index (χ1n) is 7.13. The van der Waals surface area contributed by atoms with Crippen molar-refractivity contribution in [3.63, 3.8) is 0 Å². The number of ether oxygens (including phenoxy) is 4. The molecule has 0 amide bonds. The molecule has 0 unspecified atom stereocenters. The molecule has 106 valence electrons. The number of aldehydes is 1. The highest BCUT2D eigenvalue weighted by molar-refractivity contribution is 5.65. The van der Waals surface area contributed by atoms with E-state index in [1.807, 2.05) is 0 Å². The fraction of sp³-hybridized carbons (Fsp3) is 0.818. The van der Waals surface area contributed by atoms with Crippen LogP contribution in [0.2, 0.25) is 0 Å². The predicted molar refractivity (Wildman–Crippen MR) is 61.1 cm³/mol. The minimum Gasteiger partial charge on any atom is -0.463 e. The summed E-state index contributed by atoms with van der Waals surface area (Å²) < 4.78 is 40.6. The zero-order valence-electron chi connectivity index (χ0n) is 13.1. The summed E-state index contributed by atoms with van der Waals surface area (Å²) in [5, 5.41) is 9.95. The summed E-state index contributed by atoms with van der Waals surface area (Å²) in [7, 11) is -1.63. The number of rotatable bonds is 9. The van der Waals surface area contributed by atoms with Gasteiger partial charge in [-0.1, -0.05) is 0 Å². The van der Waals surface area contributed by atoms with E-state index in [1.165, 1.54) is 0 Å². The maximum atomic E-state index is 11.0. The van der Waals surface area contributed by atoms with Gasteiger partial charge in [-0.15, -0.1) is 0 Å². The van der Waals surface area contributed by atoms with Crippen LogP contribution in [0.1, 0.15) is 11.0 Å². The van der Waals surface area contributed by atoms with Crippen LogP contribution in [0.3, 0.4) is 0 Å². The number of hydrogen-bond acceptors (Lipinski definition) is 7. The maximum absolute atomic E-state index is 11.0. The summed E-state index contributed by atoms with van der Waals surface area (Å²) in [6, 6.07) is 0. The molecular weight excluding hydrogens is 244 g/mol. The van der Waals surface area contributed by atoms with Crippen molar-refractivity contribution in [2.45, 2.75) is 31.3 Å². The lowest BCUT2D eigenvalue weighted by Gasteiger charge is -2.31. The Morgan fingerprint density at radius 3 is 2.39 bits per heavy atom. The standard InChI is InChI=1S/C11H20O7/c1-7(13)18-6-8(14)10(16-3)11(17-4)9(5-12)15-2/h5,8-11,14H,6H2,1-4H3/t8-,9+,10-,11-/m1/s1/i2D,3D,4D. The summed E-state index contributed by atoms with van der Waals surface area (Å²) >= 11 is 0. The van der Waals surface area contributed by atoms with E-state index in [2.05, 4.69) is 4.74 Å². The summed E-state index contributed by atoms with van der Waals surface area (Å²) in [4.78, 5) is 21.7. The number of carbonyl (C=O) groups excluding carboxylic acids is 2. The third kappa shape index (κ3) is 5.09. The molecule has 7 heteroatoms. The molecule has 7 nitrogen and oxygen atoms in total. The molecule has 4 atom stereocenters. The summed E-state index contributed by atoms with van der Waals surface area (Å²) in [5.74, 6) is -0.619. The van der Waals surface area contributed by atoms with Crippen LogP contribution in [0.15, 0.2) is 0 Å². The summed E-state index contributed by atoms with van der Waals surface area (Å²) in [5.41, 5.74) is 0. The monoisotopic (exact) mass is 267 g/mol. The molecule has 0 aromatic rings. The predicted octanol–water partition coefficient (Wildman–Crippen LogP) is -0.846. The molecule has 0 heterocycles. The fourth-order valence-corrected chi connectivity index (χ4v) is 1.31. The number of aliphatic hydroxyl groups is 1. The molecule has 0 aliphatic heterocycles. The van der Waals surface area contributed by atoms with E-state index in [9.17, 15) is 14.7 Å². The minimum atomic E-state index is -1.38. The van der Waals surface area contributed by atoms with Gasteiger partial charge in [0.05, 0.1) is 4.11 Å². The Hall–Kier alpha value is -1.02. The zero-order chi connectivity index (χ0) is 16.3. The van der Waals surface area contributed by atoms with Crippen molar-refractivity contribution in [1.29, 1.82) is 0 Å². The molecule has 0 fully saturated rings. The van der Waals surface area contributed by atoms with Gasteiger partial charge >= 0.3 is 5.97 Å². The first kappa shape index (κ1) is 12.0. The lowest BCUT2D eigenvalue weighted by molar-refractivity contribution is -0.165. The molecular formula is C11H20O7. The van der Waals surface area contributed by atoms with Crippen molar-refractivity contribution in [1.82, 2.24) is 0 Å². The molecule has 0 bridgehead atoms. The molecule has 18 heavy (non-hydrogen) atoms. The van der Waals surface area contributed by atoms with Crippen LogP contribution in [-0.2, 0) is 28.5 Å². The smallest absolute Gasteiger partial charge is 0.302 e. The number of aliphatic hydroxyl groups excluding tert-OH is 1. The van der Waals surface area contributed by atoms with Crippen molar-refractivity contribution < 1.29 is 37.8 Å². The molecule has 0 saturated carbocycles. The summed E-state index contributed by atoms with van der Waals surface area (Å²) in [6.07, 6.45) is -4.72. The number of hydrogen-bond donors (Lipinski definition) is 1. The highest BCUT2D eigenvalue weighted by atomic mass is 16.6. The lowest BCUT2D eigenvalue weighted by Crippen LogP contribution is -2.49. The van der Waals surface area contributed by atoms with Gasteiger partial charge in [0.25, 0.3) is 0 Å². The van der Waals surface area contributed by atoms with Gasteiger partial charge in [0.1, 0.15) is 31.0 Å². The topological polar surface area (TPSA) is 91.3 Å². The van der Waals surface area contributed by atoms with Crippen LogP contribution >= 0.6 is 0 Å². The second-order valence-corrected chi connectivity index (χ2v) is 3.40. The first-order chi connectivity index (χ1) is 10.0. The van der Waals surface area contributed by atoms with E-state index in [0.29, 0.717) is 6.29 Å². The Bertz CT molecular complexity index is 306. The van der Waals surface area contributed by atoms with Crippen LogP contribution in [0.25, 0.3) is 0 Å². The largest absolute Gasteiger partial charge is 0.463 e. The van der Waals surface area contributed by atoms with E-state index >= 15 is 0 Å². The van der Waals surface area contributed by atoms with Crippen LogP contribution < -0.4 is 0 Å². The number of methoxy groups -OCH3 is 3. The molecule has 0 saturated heterocycles. The molecule has 0 rings (SSSR count). The minimum absolute atomic E-state index is 0.355. The Kier molecular flexibility index (Phi) is 6.01. The molecule has 0 spiro atoms. The lowest BCUT2D eigenvalue weighted by atomic mass is 10.0. The van der Waals surface area contributed by atoms with Gasteiger partial charge in [0.15, 0.2) is 6.29 Å². The van der Waals surface area contributed by atoms with Crippen molar-refractivity contribution in [3.8, 4) is 0 Å². The van der Waals surface area contributed by atoms with Crippen molar-refractivity contribution in [3.05, 3.63) is 0 Å². The molecule has 1 N–H and O–H groups in total. The Morgan fingerprint density at radius 2 is 1.89 bits per heavy atom. The fourth-order valence-electron chi connectivity index (χ4n) is 1.31. The third-order valence-electron chi connectivity index (χ3n) is 2.20. The van der Waals surface area contributed by atoms with E-state index < -0.39 is 58.2 Å². The quantitative estimate of drug-likeness (QED) is 0.430. The van der Waals surface area contributed by atoms with Crippen LogP contribution in [0.5, 0.6) is 0 Å². The Balaban J connectivity index is 5.01. The van der Waals surface area contributed by atoms with Gasteiger partial charge in [-0.25, -0.2) is 0 Å².